The van der Waals surface area contributed by atoms with Gasteiger partial charge in [-0.05, 0) is 0 Å². The Labute approximate surface area is 61.1 Å². The van der Waals surface area contributed by atoms with Crippen molar-refractivity contribution >= 4 is 5.97 Å². The maximum Gasteiger partial charge on any atom is 0.302 e. The Hall–Kier alpha value is -0.610. The molecule has 0 bridgehead atoms. The number of hydrogen-bond donors (Lipinski definition) is 0. The highest BCUT2D eigenvalue weighted by molar-refractivity contribution is 5.65. The summed E-state index contributed by atoms with van der Waals surface area (Å²) in [7, 11) is 3.45. The second kappa shape index (κ2) is 3.53. The van der Waals surface area contributed by atoms with Gasteiger partial charge in [0.15, 0.2) is 0 Å². The van der Waals surface area contributed by atoms with Gasteiger partial charge in [-0.15, -0.1) is 0 Å². The van der Waals surface area contributed by atoms with Crippen molar-refractivity contribution in [1.82, 2.24) is 0 Å². The third-order valence-electron chi connectivity index (χ3n) is 0.956. The lowest BCUT2D eigenvalue weighted by Crippen LogP contribution is -2.34. The molecular formula is C6H14N2O2. The highest BCUT2D eigenvalue weighted by Crippen LogP contribution is 1.93. The minimum atomic E-state index is -0.284. The summed E-state index contributed by atoms with van der Waals surface area (Å²) in [5, 5.41) is 0. The number of ether oxygens (including phenoxy) is 1. The van der Waals surface area contributed by atoms with E-state index in [1.807, 2.05) is 0 Å². The molecule has 0 saturated carbocycles. The SMILES string of the molecule is CC(=O)OCC[N+](C)(C)[NH-]. The van der Waals surface area contributed by atoms with E-state index in [1.165, 1.54) is 6.92 Å². The number of carbonyl (C=O) groups excluding carboxylic acids is 1. The van der Waals surface area contributed by atoms with Gasteiger partial charge in [0.2, 0.25) is 0 Å². The van der Waals surface area contributed by atoms with Crippen LogP contribution < -0.4 is 0 Å². The van der Waals surface area contributed by atoms with E-state index in [0.29, 0.717) is 13.2 Å². The minimum Gasteiger partial charge on any atom is -0.468 e. The van der Waals surface area contributed by atoms with Gasteiger partial charge in [0.05, 0.1) is 14.1 Å². The molecule has 0 saturated heterocycles. The minimum absolute atomic E-state index is 0.0767. The Morgan fingerprint density at radius 1 is 1.60 bits per heavy atom. The van der Waals surface area contributed by atoms with Crippen LogP contribution in [-0.4, -0.2) is 37.8 Å². The highest BCUT2D eigenvalue weighted by atomic mass is 16.5. The second-order valence-corrected chi connectivity index (χ2v) is 2.75. The monoisotopic (exact) mass is 146 g/mol. The van der Waals surface area contributed by atoms with Crippen molar-refractivity contribution in [2.45, 2.75) is 6.92 Å². The number of hydrogen-bond acceptors (Lipinski definition) is 2. The first-order valence-electron chi connectivity index (χ1n) is 3.13. The largest absolute Gasteiger partial charge is 0.468 e. The molecule has 0 aromatic carbocycles. The number of likely N-dealkylation sites (N-methyl/N-ethyl adjacent to an activating group) is 1. The number of nitrogens with one attached hydrogen (secondary N) is 1. The molecule has 60 valence electrons. The average molecular weight is 146 g/mol. The molecule has 0 fully saturated rings. The fourth-order valence-corrected chi connectivity index (χ4v) is 0.418. The van der Waals surface area contributed by atoms with Crippen LogP contribution in [0.3, 0.4) is 0 Å². The van der Waals surface area contributed by atoms with Gasteiger partial charge in [-0.25, -0.2) is 0 Å². The Morgan fingerprint density at radius 3 is 2.40 bits per heavy atom. The van der Waals surface area contributed by atoms with Crippen molar-refractivity contribution in [1.29, 1.82) is 0 Å². The smallest absolute Gasteiger partial charge is 0.302 e. The summed E-state index contributed by atoms with van der Waals surface area (Å²) in [6.45, 7) is 2.22. The van der Waals surface area contributed by atoms with Crippen molar-refractivity contribution < 1.29 is 14.1 Å². The number of nitrogens with zero attached hydrogens (tertiary/aromatic N) is 1. The zero-order valence-corrected chi connectivity index (χ0v) is 6.68. The maximum atomic E-state index is 10.2. The van der Waals surface area contributed by atoms with Gasteiger partial charge >= 0.3 is 5.97 Å². The molecule has 0 aliphatic rings. The Bertz CT molecular complexity index is 117. The number of quaternary nitrogens is 1. The van der Waals surface area contributed by atoms with Gasteiger partial charge in [-0.2, -0.15) is 0 Å². The predicted octanol–water partition coefficient (Wildman–Crippen LogP) is 0.593. The molecule has 0 unspecified atom stereocenters. The molecule has 10 heavy (non-hydrogen) atoms. The van der Waals surface area contributed by atoms with Crippen LogP contribution in [0.1, 0.15) is 6.92 Å². The van der Waals surface area contributed by atoms with E-state index in [4.69, 9.17) is 5.84 Å². The van der Waals surface area contributed by atoms with E-state index >= 15 is 0 Å². The van der Waals surface area contributed by atoms with Gasteiger partial charge in [-0.3, -0.25) is 4.79 Å². The molecule has 4 nitrogen and oxygen atoms in total. The zero-order chi connectivity index (χ0) is 8.20. The summed E-state index contributed by atoms with van der Waals surface area (Å²) in [5.74, 6) is 7.04. The highest BCUT2D eigenvalue weighted by Gasteiger charge is 2.01. The van der Waals surface area contributed by atoms with Crippen LogP contribution in [0.15, 0.2) is 0 Å². The maximum absolute atomic E-state index is 10.2. The lowest BCUT2D eigenvalue weighted by Gasteiger charge is -2.32. The summed E-state index contributed by atoms with van der Waals surface area (Å²) >= 11 is 0. The third-order valence-corrected chi connectivity index (χ3v) is 0.956. The van der Waals surface area contributed by atoms with Crippen LogP contribution in [0.5, 0.6) is 0 Å². The molecule has 0 aromatic heterocycles. The van der Waals surface area contributed by atoms with Crippen molar-refractivity contribution in [3.05, 3.63) is 5.84 Å². The summed E-state index contributed by atoms with van der Waals surface area (Å²) in [6.07, 6.45) is 0. The molecule has 0 heterocycles. The van der Waals surface area contributed by atoms with Crippen molar-refractivity contribution in [3.63, 3.8) is 0 Å². The molecule has 0 aliphatic heterocycles. The predicted molar refractivity (Wildman–Crippen MR) is 37.9 cm³/mol. The topological polar surface area (TPSA) is 50.1 Å². The molecule has 1 N–H and O–H groups in total. The van der Waals surface area contributed by atoms with Crippen LogP contribution in [0, 0.1) is 0 Å². The summed E-state index contributed by atoms with van der Waals surface area (Å²) in [6, 6.07) is 0. The summed E-state index contributed by atoms with van der Waals surface area (Å²) in [4.78, 5) is 10.2. The Morgan fingerprint density at radius 2 is 2.10 bits per heavy atom. The van der Waals surface area contributed by atoms with E-state index in [2.05, 4.69) is 4.74 Å². The van der Waals surface area contributed by atoms with E-state index in [-0.39, 0.29) is 10.6 Å². The molecule has 4 heteroatoms. The Balaban J connectivity index is 3.29. The normalized spacial score (nSPS) is 11.2. The van der Waals surface area contributed by atoms with Gasteiger partial charge < -0.3 is 15.2 Å². The van der Waals surface area contributed by atoms with E-state index < -0.39 is 0 Å². The lowest BCUT2D eigenvalue weighted by atomic mass is 10.6. The number of esters is 1. The number of carbonyl (C=O) groups is 1. The zero-order valence-electron chi connectivity index (χ0n) is 6.68. The van der Waals surface area contributed by atoms with Crippen LogP contribution in [0.2, 0.25) is 0 Å². The second-order valence-electron chi connectivity index (χ2n) is 2.75. The van der Waals surface area contributed by atoms with Crippen molar-refractivity contribution in [2.24, 2.45) is 0 Å². The molecule has 0 aromatic rings. The van der Waals surface area contributed by atoms with Crippen LogP contribution in [-0.2, 0) is 9.53 Å². The molecular weight excluding hydrogens is 132 g/mol. The molecule has 0 atom stereocenters. The molecule has 0 rings (SSSR count). The standard InChI is InChI=1S/C6H14N2O2/c1-6(9)10-5-4-8(2,3)7/h7H,4-5H2,1-3H3. The Kier molecular flexibility index (Phi) is 3.32. The molecule has 0 radical (unpaired) electrons. The van der Waals surface area contributed by atoms with Gasteiger partial charge in [-0.1, -0.05) is 0 Å². The van der Waals surface area contributed by atoms with Crippen LogP contribution in [0.4, 0.5) is 0 Å². The lowest BCUT2D eigenvalue weighted by molar-refractivity contribution is -0.840. The van der Waals surface area contributed by atoms with E-state index in [1.54, 1.807) is 14.1 Å². The van der Waals surface area contributed by atoms with Gasteiger partial charge in [0, 0.05) is 6.92 Å². The molecule has 0 spiro atoms. The van der Waals surface area contributed by atoms with E-state index in [9.17, 15) is 4.79 Å². The first-order chi connectivity index (χ1) is 4.42. The van der Waals surface area contributed by atoms with Crippen LogP contribution in [0.25, 0.3) is 5.84 Å². The summed E-state index contributed by atoms with van der Waals surface area (Å²) in [5.41, 5.74) is 0. The fraction of sp³-hybridized carbons (Fsp3) is 0.833. The van der Waals surface area contributed by atoms with Crippen molar-refractivity contribution in [2.75, 3.05) is 27.2 Å². The first kappa shape index (κ1) is 9.39. The average Bonchev–Trinajstić information content (AvgIpc) is 1.59. The van der Waals surface area contributed by atoms with E-state index in [0.717, 1.165) is 0 Å². The van der Waals surface area contributed by atoms with Gasteiger partial charge in [0.1, 0.15) is 13.2 Å². The fourth-order valence-electron chi connectivity index (χ4n) is 0.418. The van der Waals surface area contributed by atoms with Gasteiger partial charge in [0.25, 0.3) is 0 Å². The quantitative estimate of drug-likeness (QED) is 0.332. The first-order valence-corrected chi connectivity index (χ1v) is 3.13. The summed E-state index contributed by atoms with van der Waals surface area (Å²) < 4.78 is 4.72. The van der Waals surface area contributed by atoms with Crippen LogP contribution >= 0.6 is 0 Å². The number of rotatable bonds is 3. The van der Waals surface area contributed by atoms with Crippen molar-refractivity contribution in [3.8, 4) is 0 Å². The third kappa shape index (κ3) is 7.39. The molecule has 0 amide bonds. The molecule has 0 aliphatic carbocycles.